The first-order valence-electron chi connectivity index (χ1n) is 12.5. The van der Waals surface area contributed by atoms with Gasteiger partial charge in [-0.2, -0.15) is 0 Å². The van der Waals surface area contributed by atoms with E-state index >= 15 is 0 Å². The zero-order valence-electron chi connectivity index (χ0n) is 21.2. The van der Waals surface area contributed by atoms with Gasteiger partial charge in [-0.05, 0) is 61.6 Å². The van der Waals surface area contributed by atoms with E-state index in [2.05, 4.69) is 31.4 Å². The Hall–Kier alpha value is -3.10. The average Bonchev–Trinajstić information content (AvgIpc) is 3.02. The highest BCUT2D eigenvalue weighted by atomic mass is 16.2. The Balaban J connectivity index is 1.28. The van der Waals surface area contributed by atoms with Gasteiger partial charge >= 0.3 is 12.1 Å². The van der Waals surface area contributed by atoms with Crippen LogP contribution in [-0.4, -0.2) is 76.8 Å². The number of carbonyl (C=O) groups is 4. The van der Waals surface area contributed by atoms with E-state index < -0.39 is 11.6 Å². The molecule has 1 saturated carbocycles. The van der Waals surface area contributed by atoms with E-state index in [4.69, 9.17) is 0 Å². The van der Waals surface area contributed by atoms with E-state index in [1.165, 1.54) is 0 Å². The molecule has 0 bridgehead atoms. The van der Waals surface area contributed by atoms with E-state index in [-0.39, 0.29) is 29.8 Å². The molecular formula is C26H37N5O4. The Labute approximate surface area is 207 Å². The summed E-state index contributed by atoms with van der Waals surface area (Å²) in [7, 11) is 0. The molecule has 3 fully saturated rings. The van der Waals surface area contributed by atoms with Crippen LogP contribution in [0.5, 0.6) is 0 Å². The van der Waals surface area contributed by atoms with E-state index in [1.54, 1.807) is 9.80 Å². The summed E-state index contributed by atoms with van der Waals surface area (Å²) in [4.78, 5) is 55.8. The maximum atomic E-state index is 13.2. The minimum atomic E-state index is -0.869. The number of imide groups is 1. The number of rotatable bonds is 3. The van der Waals surface area contributed by atoms with Crippen molar-refractivity contribution in [1.82, 2.24) is 20.0 Å². The van der Waals surface area contributed by atoms with Crippen LogP contribution < -0.4 is 10.6 Å². The number of nitrogens with zero attached hydrogens (tertiary/aromatic N) is 3. The summed E-state index contributed by atoms with van der Waals surface area (Å²) >= 11 is 0. The number of aryl methyl sites for hydroxylation is 1. The summed E-state index contributed by atoms with van der Waals surface area (Å²) < 4.78 is 0. The van der Waals surface area contributed by atoms with E-state index in [1.807, 2.05) is 31.2 Å². The highest BCUT2D eigenvalue weighted by molar-refractivity contribution is 6.09. The van der Waals surface area contributed by atoms with Crippen LogP contribution in [-0.2, 0) is 9.59 Å². The smallest absolute Gasteiger partial charge is 0.325 e. The highest BCUT2D eigenvalue weighted by Crippen LogP contribution is 2.43. The van der Waals surface area contributed by atoms with Crippen molar-refractivity contribution in [2.45, 2.75) is 58.9 Å². The predicted octanol–water partition coefficient (Wildman–Crippen LogP) is 3.20. The third-order valence-corrected chi connectivity index (χ3v) is 7.79. The molecule has 4 rings (SSSR count). The van der Waals surface area contributed by atoms with Gasteiger partial charge in [-0.3, -0.25) is 14.5 Å². The van der Waals surface area contributed by atoms with Crippen LogP contribution in [0.15, 0.2) is 24.3 Å². The molecule has 1 aromatic rings. The maximum absolute atomic E-state index is 13.2. The number of piperazine rings is 1. The minimum Gasteiger partial charge on any atom is -0.338 e. The number of anilines is 1. The Morgan fingerprint density at radius 3 is 2.29 bits per heavy atom. The summed E-state index contributed by atoms with van der Waals surface area (Å²) in [6.07, 6.45) is 2.98. The highest BCUT2D eigenvalue weighted by Gasteiger charge is 2.53. The van der Waals surface area contributed by atoms with E-state index in [0.717, 1.165) is 29.0 Å². The van der Waals surface area contributed by atoms with Gasteiger partial charge in [0.15, 0.2) is 0 Å². The van der Waals surface area contributed by atoms with Crippen molar-refractivity contribution in [2.24, 2.45) is 11.3 Å². The first-order chi connectivity index (χ1) is 16.5. The summed E-state index contributed by atoms with van der Waals surface area (Å²) in [5.74, 6) is -0.0417. The molecule has 0 radical (unpaired) electrons. The van der Waals surface area contributed by atoms with Gasteiger partial charge in [-0.15, -0.1) is 0 Å². The number of carbonyl (C=O) groups excluding carboxylic acids is 4. The van der Waals surface area contributed by atoms with Gasteiger partial charge in [0.05, 0.1) is 0 Å². The molecule has 0 aromatic heterocycles. The van der Waals surface area contributed by atoms with Crippen molar-refractivity contribution in [3.8, 4) is 0 Å². The normalized spacial score (nSPS) is 25.1. The molecule has 1 aliphatic carbocycles. The second-order valence-corrected chi connectivity index (χ2v) is 11.2. The molecule has 3 aliphatic rings. The zero-order chi connectivity index (χ0) is 25.4. The quantitative estimate of drug-likeness (QED) is 0.645. The molecule has 1 spiro atoms. The second kappa shape index (κ2) is 9.51. The molecule has 2 N–H and O–H groups in total. The summed E-state index contributed by atoms with van der Waals surface area (Å²) in [6, 6.07) is 6.91. The van der Waals surface area contributed by atoms with Gasteiger partial charge in [0.1, 0.15) is 12.1 Å². The van der Waals surface area contributed by atoms with Crippen molar-refractivity contribution in [3.05, 3.63) is 29.8 Å². The van der Waals surface area contributed by atoms with Gasteiger partial charge in [0.25, 0.3) is 5.91 Å². The van der Waals surface area contributed by atoms with Crippen molar-refractivity contribution in [3.63, 3.8) is 0 Å². The van der Waals surface area contributed by atoms with Gasteiger partial charge in [0.2, 0.25) is 5.91 Å². The Bertz CT molecular complexity index is 1000. The Morgan fingerprint density at radius 2 is 1.69 bits per heavy atom. The van der Waals surface area contributed by atoms with Crippen LogP contribution in [0.25, 0.3) is 0 Å². The monoisotopic (exact) mass is 483 g/mol. The molecule has 0 atom stereocenters. The molecule has 1 aromatic carbocycles. The number of urea groups is 2. The zero-order valence-corrected chi connectivity index (χ0v) is 21.2. The van der Waals surface area contributed by atoms with Crippen molar-refractivity contribution in [2.75, 3.05) is 38.0 Å². The minimum absolute atomic E-state index is 0.169. The fraction of sp³-hybridized carbons (Fsp3) is 0.615. The summed E-state index contributed by atoms with van der Waals surface area (Å²) in [5.41, 5.74) is 1.09. The lowest BCUT2D eigenvalue weighted by molar-refractivity contribution is -0.140. The maximum Gasteiger partial charge on any atom is 0.325 e. The number of hydrogen-bond donors (Lipinski definition) is 2. The molecular weight excluding hydrogens is 446 g/mol. The van der Waals surface area contributed by atoms with Crippen LogP contribution in [0.4, 0.5) is 15.3 Å². The topological polar surface area (TPSA) is 102 Å². The lowest BCUT2D eigenvalue weighted by Gasteiger charge is -2.40. The molecule has 9 nitrogen and oxygen atoms in total. The first kappa shape index (κ1) is 25.0. The summed E-state index contributed by atoms with van der Waals surface area (Å²) in [6.45, 7) is 9.84. The largest absolute Gasteiger partial charge is 0.338 e. The molecule has 2 aliphatic heterocycles. The summed E-state index contributed by atoms with van der Waals surface area (Å²) in [5, 5.41) is 5.79. The third kappa shape index (κ3) is 5.28. The number of nitrogens with one attached hydrogen (secondary N) is 2. The third-order valence-electron chi connectivity index (χ3n) is 7.79. The average molecular weight is 484 g/mol. The van der Waals surface area contributed by atoms with E-state index in [9.17, 15) is 19.2 Å². The lowest BCUT2D eigenvalue weighted by atomic mass is 9.67. The fourth-order valence-electron chi connectivity index (χ4n) is 5.45. The van der Waals surface area contributed by atoms with Crippen LogP contribution in [0.2, 0.25) is 0 Å². The van der Waals surface area contributed by atoms with Crippen molar-refractivity contribution >= 4 is 29.6 Å². The molecule has 9 heteroatoms. The molecule has 6 amide bonds. The molecule has 2 heterocycles. The number of benzene rings is 1. The van der Waals surface area contributed by atoms with Crippen LogP contribution in [0.1, 0.15) is 52.0 Å². The van der Waals surface area contributed by atoms with Crippen LogP contribution >= 0.6 is 0 Å². The van der Waals surface area contributed by atoms with Gasteiger partial charge < -0.3 is 20.4 Å². The van der Waals surface area contributed by atoms with Crippen LogP contribution in [0.3, 0.4) is 0 Å². The van der Waals surface area contributed by atoms with Gasteiger partial charge in [-0.1, -0.05) is 32.9 Å². The predicted molar refractivity (Wildman–Crippen MR) is 133 cm³/mol. The molecule has 190 valence electrons. The van der Waals surface area contributed by atoms with Gasteiger partial charge in [-0.25, -0.2) is 9.59 Å². The van der Waals surface area contributed by atoms with Crippen molar-refractivity contribution in [1.29, 1.82) is 0 Å². The Kier molecular flexibility index (Phi) is 6.79. The SMILES string of the molecule is Cc1cccc(NC(=O)N2CCN(C(=O)CN3C(=O)NC4(CCC(C(C)(C)C)CC4)C3=O)CC2)c1. The number of hydrogen-bond acceptors (Lipinski definition) is 4. The Morgan fingerprint density at radius 1 is 1.06 bits per heavy atom. The molecule has 35 heavy (non-hydrogen) atoms. The molecule has 0 unspecified atom stereocenters. The van der Waals surface area contributed by atoms with Crippen LogP contribution in [0, 0.1) is 18.3 Å². The van der Waals surface area contributed by atoms with E-state index in [0.29, 0.717) is 44.9 Å². The second-order valence-electron chi connectivity index (χ2n) is 11.2. The van der Waals surface area contributed by atoms with Gasteiger partial charge in [0, 0.05) is 31.9 Å². The first-order valence-corrected chi connectivity index (χ1v) is 12.5. The lowest BCUT2D eigenvalue weighted by Crippen LogP contribution is -2.54. The number of amides is 6. The fourth-order valence-corrected chi connectivity index (χ4v) is 5.45. The van der Waals surface area contributed by atoms with Crippen molar-refractivity contribution < 1.29 is 19.2 Å². The molecule has 2 saturated heterocycles. The standard InChI is InChI=1S/C26H37N5O4/c1-18-6-5-7-20(16-18)27-23(34)30-14-12-29(13-15-30)21(32)17-31-22(33)26(28-24(31)35)10-8-19(9-11-26)25(2,3)4/h5-7,16,19H,8-15,17H2,1-4H3,(H,27,34)(H,28,35).